The summed E-state index contributed by atoms with van der Waals surface area (Å²) >= 11 is 0. The molecule has 0 amide bonds. The lowest BCUT2D eigenvalue weighted by molar-refractivity contribution is 0.149. The molecule has 0 aliphatic rings. The summed E-state index contributed by atoms with van der Waals surface area (Å²) in [5, 5.41) is 21.4. The van der Waals surface area contributed by atoms with Gasteiger partial charge in [-0.05, 0) is 23.8 Å². The maximum atomic E-state index is 13.5. The molecule has 1 heterocycles. The molecule has 0 spiro atoms. The van der Waals surface area contributed by atoms with E-state index in [1.165, 1.54) is 24.4 Å². The van der Waals surface area contributed by atoms with Crippen LogP contribution in [0.2, 0.25) is 0 Å². The van der Waals surface area contributed by atoms with Gasteiger partial charge in [-0.15, -0.1) is 9.94 Å². The number of benzene rings is 1. The first-order chi connectivity index (χ1) is 7.20. The van der Waals surface area contributed by atoms with Gasteiger partial charge in [-0.3, -0.25) is 0 Å². The van der Waals surface area contributed by atoms with Crippen LogP contribution in [0.5, 0.6) is 0 Å². The summed E-state index contributed by atoms with van der Waals surface area (Å²) in [6, 6.07) is 5.86. The number of aliphatic hydroxyl groups is 1. The van der Waals surface area contributed by atoms with E-state index >= 15 is 0 Å². The van der Waals surface area contributed by atoms with Crippen molar-refractivity contribution in [2.75, 3.05) is 0 Å². The van der Waals surface area contributed by atoms with Crippen molar-refractivity contribution in [3.63, 3.8) is 0 Å². The molecule has 0 bridgehead atoms. The second-order valence-corrected chi connectivity index (χ2v) is 3.09. The Labute approximate surface area is 85.2 Å². The number of nitrogens with zero attached hydrogens (tertiary/aromatic N) is 2. The minimum absolute atomic E-state index is 0.203. The SMILES string of the molecule is OCc1ccc(-c2ccn(O)n2)c(F)c1. The van der Waals surface area contributed by atoms with E-state index in [4.69, 9.17) is 10.3 Å². The third-order valence-corrected chi connectivity index (χ3v) is 2.07. The van der Waals surface area contributed by atoms with Crippen LogP contribution in [0.4, 0.5) is 4.39 Å². The van der Waals surface area contributed by atoms with Crippen LogP contribution in [-0.4, -0.2) is 20.3 Å². The Morgan fingerprint density at radius 1 is 1.33 bits per heavy atom. The van der Waals surface area contributed by atoms with Crippen LogP contribution < -0.4 is 0 Å². The normalized spacial score (nSPS) is 10.5. The summed E-state index contributed by atoms with van der Waals surface area (Å²) in [7, 11) is 0. The maximum Gasteiger partial charge on any atom is 0.133 e. The van der Waals surface area contributed by atoms with Crippen molar-refractivity contribution in [3.05, 3.63) is 41.8 Å². The quantitative estimate of drug-likeness (QED) is 0.734. The molecule has 0 saturated carbocycles. The van der Waals surface area contributed by atoms with Crippen molar-refractivity contribution in [2.24, 2.45) is 0 Å². The zero-order valence-electron chi connectivity index (χ0n) is 7.76. The Morgan fingerprint density at radius 3 is 2.67 bits per heavy atom. The zero-order valence-corrected chi connectivity index (χ0v) is 7.76. The Morgan fingerprint density at radius 2 is 2.13 bits per heavy atom. The van der Waals surface area contributed by atoms with Crippen LogP contribution in [-0.2, 0) is 6.61 Å². The van der Waals surface area contributed by atoms with E-state index < -0.39 is 5.82 Å². The first-order valence-corrected chi connectivity index (χ1v) is 4.35. The third kappa shape index (κ3) is 1.82. The molecule has 1 aromatic carbocycles. The number of rotatable bonds is 2. The zero-order chi connectivity index (χ0) is 10.8. The van der Waals surface area contributed by atoms with Crippen molar-refractivity contribution in [3.8, 4) is 11.3 Å². The van der Waals surface area contributed by atoms with E-state index in [0.29, 0.717) is 21.7 Å². The molecule has 0 aliphatic carbocycles. The van der Waals surface area contributed by atoms with E-state index in [9.17, 15) is 4.39 Å². The van der Waals surface area contributed by atoms with Crippen molar-refractivity contribution in [2.45, 2.75) is 6.61 Å². The van der Waals surface area contributed by atoms with Crippen molar-refractivity contribution >= 4 is 0 Å². The van der Waals surface area contributed by atoms with E-state index in [0.717, 1.165) is 0 Å². The summed E-state index contributed by atoms with van der Waals surface area (Å²) in [5.41, 5.74) is 1.14. The molecule has 0 fully saturated rings. The first kappa shape index (κ1) is 9.67. The molecule has 0 unspecified atom stereocenters. The fraction of sp³-hybridized carbons (Fsp3) is 0.100. The highest BCUT2D eigenvalue weighted by Gasteiger charge is 2.08. The van der Waals surface area contributed by atoms with Gasteiger partial charge in [-0.1, -0.05) is 6.07 Å². The lowest BCUT2D eigenvalue weighted by atomic mass is 10.1. The van der Waals surface area contributed by atoms with Gasteiger partial charge in [0.2, 0.25) is 0 Å². The average molecular weight is 208 g/mol. The summed E-state index contributed by atoms with van der Waals surface area (Å²) in [6.07, 6.45) is 1.31. The Hall–Kier alpha value is -1.88. The maximum absolute atomic E-state index is 13.5. The number of hydrogen-bond acceptors (Lipinski definition) is 3. The molecule has 1 aromatic heterocycles. The molecular formula is C10H9FN2O2. The van der Waals surface area contributed by atoms with Crippen LogP contribution in [0, 0.1) is 5.82 Å². The van der Waals surface area contributed by atoms with Gasteiger partial charge >= 0.3 is 0 Å². The summed E-state index contributed by atoms with van der Waals surface area (Å²) in [6.45, 7) is -0.203. The summed E-state index contributed by atoms with van der Waals surface area (Å²) in [4.78, 5) is 0.620. The molecule has 0 radical (unpaired) electrons. The van der Waals surface area contributed by atoms with Crippen LogP contribution in [0.1, 0.15) is 5.56 Å². The number of halogens is 1. The predicted molar refractivity (Wildman–Crippen MR) is 50.7 cm³/mol. The average Bonchev–Trinajstić information content (AvgIpc) is 2.64. The number of hydrogen-bond donors (Lipinski definition) is 2. The van der Waals surface area contributed by atoms with E-state index in [1.54, 1.807) is 6.07 Å². The molecule has 78 valence electrons. The monoisotopic (exact) mass is 208 g/mol. The van der Waals surface area contributed by atoms with Crippen molar-refractivity contribution in [1.29, 1.82) is 0 Å². The second-order valence-electron chi connectivity index (χ2n) is 3.09. The fourth-order valence-electron chi connectivity index (χ4n) is 1.32. The van der Waals surface area contributed by atoms with Crippen LogP contribution in [0.3, 0.4) is 0 Å². The van der Waals surface area contributed by atoms with Crippen molar-refractivity contribution in [1.82, 2.24) is 9.94 Å². The fourth-order valence-corrected chi connectivity index (χ4v) is 1.32. The van der Waals surface area contributed by atoms with Crippen LogP contribution in [0.25, 0.3) is 11.3 Å². The Balaban J connectivity index is 2.45. The molecule has 2 aromatic rings. The molecular weight excluding hydrogens is 199 g/mol. The van der Waals surface area contributed by atoms with E-state index in [1.807, 2.05) is 0 Å². The van der Waals surface area contributed by atoms with Crippen LogP contribution >= 0.6 is 0 Å². The number of aromatic nitrogens is 2. The van der Waals surface area contributed by atoms with Gasteiger partial charge < -0.3 is 10.3 Å². The van der Waals surface area contributed by atoms with Gasteiger partial charge in [0.05, 0.1) is 18.5 Å². The predicted octanol–water partition coefficient (Wildman–Crippen LogP) is 1.42. The van der Waals surface area contributed by atoms with E-state index in [2.05, 4.69) is 5.10 Å². The second kappa shape index (κ2) is 3.70. The van der Waals surface area contributed by atoms with Gasteiger partial charge in [0.1, 0.15) is 5.82 Å². The van der Waals surface area contributed by atoms with Gasteiger partial charge in [-0.2, -0.15) is 0 Å². The highest BCUT2D eigenvalue weighted by Crippen LogP contribution is 2.21. The lowest BCUT2D eigenvalue weighted by Gasteiger charge is -2.01. The molecule has 0 saturated heterocycles. The highest BCUT2D eigenvalue weighted by molar-refractivity contribution is 5.59. The molecule has 2 rings (SSSR count). The van der Waals surface area contributed by atoms with Crippen LogP contribution in [0.15, 0.2) is 30.5 Å². The van der Waals surface area contributed by atoms with Crippen molar-refractivity contribution < 1.29 is 14.7 Å². The van der Waals surface area contributed by atoms with Gasteiger partial charge in [0.25, 0.3) is 0 Å². The minimum Gasteiger partial charge on any atom is -0.412 e. The first-order valence-electron chi connectivity index (χ1n) is 4.35. The molecule has 2 N–H and O–H groups in total. The minimum atomic E-state index is -0.472. The summed E-state index contributed by atoms with van der Waals surface area (Å²) < 4.78 is 13.5. The van der Waals surface area contributed by atoms with Gasteiger partial charge in [0, 0.05) is 5.56 Å². The standard InChI is InChI=1S/C10H9FN2O2/c11-9-5-7(6-14)1-2-8(9)10-3-4-13(15)12-10/h1-5,14-15H,6H2. The lowest BCUT2D eigenvalue weighted by Crippen LogP contribution is -1.92. The third-order valence-electron chi connectivity index (χ3n) is 2.07. The highest BCUT2D eigenvalue weighted by atomic mass is 19.1. The molecule has 0 aliphatic heterocycles. The van der Waals surface area contributed by atoms with E-state index in [-0.39, 0.29) is 6.61 Å². The smallest absolute Gasteiger partial charge is 0.133 e. The molecule has 0 atom stereocenters. The Bertz CT molecular complexity index is 482. The number of aliphatic hydroxyl groups excluding tert-OH is 1. The molecule has 5 heteroatoms. The van der Waals surface area contributed by atoms with Gasteiger partial charge in [0.15, 0.2) is 0 Å². The summed E-state index contributed by atoms with van der Waals surface area (Å²) in [5.74, 6) is -0.472. The van der Waals surface area contributed by atoms with Gasteiger partial charge in [-0.25, -0.2) is 4.39 Å². The molecule has 4 nitrogen and oxygen atoms in total. The molecule has 15 heavy (non-hydrogen) atoms. The topological polar surface area (TPSA) is 58.3 Å². The largest absolute Gasteiger partial charge is 0.412 e. The Kier molecular flexibility index (Phi) is 2.39.